The van der Waals surface area contributed by atoms with Gasteiger partial charge in [0.25, 0.3) is 0 Å². The zero-order chi connectivity index (χ0) is 15.9. The third-order valence-electron chi connectivity index (χ3n) is 5.36. The summed E-state index contributed by atoms with van der Waals surface area (Å²) >= 11 is 0. The first-order valence-corrected chi connectivity index (χ1v) is 7.65. The van der Waals surface area contributed by atoms with Crippen molar-refractivity contribution in [1.29, 1.82) is 5.26 Å². The number of aliphatic hydroxyl groups is 1. The molecule has 2 aliphatic rings. The Balaban J connectivity index is 2.23. The summed E-state index contributed by atoms with van der Waals surface area (Å²) in [4.78, 5) is 14.9. The van der Waals surface area contributed by atoms with E-state index in [1.807, 2.05) is 44.3 Å². The number of fused-ring (bicyclic) bond motifs is 1. The van der Waals surface area contributed by atoms with Crippen LogP contribution in [0, 0.1) is 23.2 Å². The van der Waals surface area contributed by atoms with Gasteiger partial charge in [-0.3, -0.25) is 4.79 Å². The van der Waals surface area contributed by atoms with Crippen molar-refractivity contribution in [3.05, 3.63) is 47.2 Å². The van der Waals surface area contributed by atoms with Crippen LogP contribution in [0.15, 0.2) is 41.7 Å². The van der Waals surface area contributed by atoms with Gasteiger partial charge in [0.15, 0.2) is 0 Å². The molecule has 4 nitrogen and oxygen atoms in total. The Hall–Kier alpha value is -2.28. The number of nitriles is 1. The summed E-state index contributed by atoms with van der Waals surface area (Å²) in [6.45, 7) is 2.62. The number of aliphatic hydroxyl groups excluding tert-OH is 1. The van der Waals surface area contributed by atoms with Gasteiger partial charge in [-0.2, -0.15) is 5.26 Å². The molecule has 1 aromatic rings. The van der Waals surface area contributed by atoms with E-state index in [2.05, 4.69) is 6.07 Å². The zero-order valence-corrected chi connectivity index (χ0v) is 12.9. The molecule has 1 fully saturated rings. The van der Waals surface area contributed by atoms with Crippen LogP contribution < -0.4 is 0 Å². The monoisotopic (exact) mass is 296 g/mol. The number of piperidine rings is 1. The maximum Gasteiger partial charge on any atom is 0.233 e. The topological polar surface area (TPSA) is 64.3 Å². The van der Waals surface area contributed by atoms with Crippen molar-refractivity contribution in [3.8, 4) is 6.07 Å². The third-order valence-corrected chi connectivity index (χ3v) is 5.36. The number of benzene rings is 1. The zero-order valence-electron chi connectivity index (χ0n) is 12.9. The van der Waals surface area contributed by atoms with Crippen molar-refractivity contribution >= 4 is 5.91 Å². The fourth-order valence-corrected chi connectivity index (χ4v) is 4.17. The van der Waals surface area contributed by atoms with E-state index in [0.29, 0.717) is 12.1 Å². The van der Waals surface area contributed by atoms with Crippen LogP contribution in [0.5, 0.6) is 0 Å². The fourth-order valence-electron chi connectivity index (χ4n) is 4.17. The van der Waals surface area contributed by atoms with Crippen molar-refractivity contribution in [3.63, 3.8) is 0 Å². The highest BCUT2D eigenvalue weighted by Crippen LogP contribution is 2.52. The lowest BCUT2D eigenvalue weighted by Gasteiger charge is -2.51. The van der Waals surface area contributed by atoms with Crippen LogP contribution >= 0.6 is 0 Å². The molecule has 3 atom stereocenters. The summed E-state index contributed by atoms with van der Waals surface area (Å²) in [6, 6.07) is 11.8. The van der Waals surface area contributed by atoms with Gasteiger partial charge in [-0.15, -0.1) is 0 Å². The first-order chi connectivity index (χ1) is 10.5. The molecular weight excluding hydrogens is 276 g/mol. The molecular formula is C18H20N2O2. The number of likely N-dealkylation sites (N-methyl/N-ethyl adjacent to an activating group) is 1. The molecule has 1 heterocycles. The molecule has 22 heavy (non-hydrogen) atoms. The molecule has 1 amide bonds. The number of hydrogen-bond donors (Lipinski definition) is 1. The summed E-state index contributed by atoms with van der Waals surface area (Å²) in [6.07, 6.45) is 1.12. The van der Waals surface area contributed by atoms with E-state index >= 15 is 0 Å². The van der Waals surface area contributed by atoms with E-state index in [0.717, 1.165) is 12.0 Å². The second-order valence-electron chi connectivity index (χ2n) is 6.40. The predicted molar refractivity (Wildman–Crippen MR) is 82.9 cm³/mol. The average molecular weight is 296 g/mol. The highest BCUT2D eigenvalue weighted by atomic mass is 16.3. The van der Waals surface area contributed by atoms with Gasteiger partial charge in [-0.25, -0.2) is 0 Å². The van der Waals surface area contributed by atoms with Gasteiger partial charge in [0.1, 0.15) is 5.76 Å². The predicted octanol–water partition coefficient (Wildman–Crippen LogP) is 2.78. The molecule has 1 aromatic carbocycles. The minimum Gasteiger partial charge on any atom is -0.511 e. The number of amides is 1. The molecule has 3 rings (SSSR count). The maximum atomic E-state index is 13.1. The Morgan fingerprint density at radius 1 is 1.36 bits per heavy atom. The largest absolute Gasteiger partial charge is 0.511 e. The Morgan fingerprint density at radius 2 is 2.05 bits per heavy atom. The Kier molecular flexibility index (Phi) is 3.44. The Labute approximate surface area is 130 Å². The van der Waals surface area contributed by atoms with E-state index in [-0.39, 0.29) is 29.9 Å². The molecule has 1 aliphatic heterocycles. The van der Waals surface area contributed by atoms with Crippen molar-refractivity contribution in [2.24, 2.45) is 11.8 Å². The minimum absolute atomic E-state index is 0.0238. The molecule has 0 bridgehead atoms. The number of carbonyl (C=O) groups is 1. The highest BCUT2D eigenvalue weighted by Gasteiger charge is 2.56. The van der Waals surface area contributed by atoms with Gasteiger partial charge in [0, 0.05) is 25.9 Å². The molecule has 0 unspecified atom stereocenters. The standard InChI is InChI=1S/C18H20N2O2/c1-12-15-8-9-20(2)17(22)18(15,10-13(11-19)16(12)21)14-6-4-3-5-7-14/h3-7,12,15,21H,8-10H2,1-2H3/t12-,15-,18+/m0/s1. The molecule has 0 saturated carbocycles. The molecule has 1 N–H and O–H groups in total. The second kappa shape index (κ2) is 5.17. The summed E-state index contributed by atoms with van der Waals surface area (Å²) < 4.78 is 0. The number of likely N-dealkylation sites (tertiary alicyclic amines) is 1. The molecule has 114 valence electrons. The Morgan fingerprint density at radius 3 is 2.68 bits per heavy atom. The van der Waals surface area contributed by atoms with Gasteiger partial charge in [0.2, 0.25) is 5.91 Å². The lowest BCUT2D eigenvalue weighted by molar-refractivity contribution is -0.144. The lowest BCUT2D eigenvalue weighted by Crippen LogP contribution is -2.58. The van der Waals surface area contributed by atoms with Crippen LogP contribution in [0.3, 0.4) is 0 Å². The van der Waals surface area contributed by atoms with Gasteiger partial charge in [-0.1, -0.05) is 37.3 Å². The van der Waals surface area contributed by atoms with E-state index in [1.54, 1.807) is 4.90 Å². The van der Waals surface area contributed by atoms with Crippen LogP contribution in [0.1, 0.15) is 25.3 Å². The molecule has 4 heteroatoms. The first-order valence-electron chi connectivity index (χ1n) is 7.65. The molecule has 0 radical (unpaired) electrons. The maximum absolute atomic E-state index is 13.1. The second-order valence-corrected chi connectivity index (χ2v) is 6.40. The number of carbonyl (C=O) groups excluding carboxylic acids is 1. The lowest BCUT2D eigenvalue weighted by atomic mass is 9.56. The smallest absolute Gasteiger partial charge is 0.233 e. The number of nitrogens with zero attached hydrogens (tertiary/aromatic N) is 2. The normalized spacial score (nSPS) is 31.7. The van der Waals surface area contributed by atoms with E-state index in [1.165, 1.54) is 0 Å². The van der Waals surface area contributed by atoms with Crippen LogP contribution in [0.2, 0.25) is 0 Å². The minimum atomic E-state index is -0.731. The summed E-state index contributed by atoms with van der Waals surface area (Å²) in [5.74, 6) is 0.0652. The van der Waals surface area contributed by atoms with Gasteiger partial charge in [0.05, 0.1) is 17.1 Å². The summed E-state index contributed by atoms with van der Waals surface area (Å²) in [7, 11) is 1.82. The number of rotatable bonds is 1. The highest BCUT2D eigenvalue weighted by molar-refractivity contribution is 5.90. The van der Waals surface area contributed by atoms with Gasteiger partial charge in [-0.05, 0) is 17.9 Å². The molecule has 1 saturated heterocycles. The van der Waals surface area contributed by atoms with Gasteiger partial charge >= 0.3 is 0 Å². The first kappa shape index (κ1) is 14.6. The van der Waals surface area contributed by atoms with E-state index < -0.39 is 5.41 Å². The van der Waals surface area contributed by atoms with Gasteiger partial charge < -0.3 is 10.0 Å². The van der Waals surface area contributed by atoms with Crippen molar-refractivity contribution < 1.29 is 9.90 Å². The van der Waals surface area contributed by atoms with Crippen LogP contribution in [0.25, 0.3) is 0 Å². The summed E-state index contributed by atoms with van der Waals surface area (Å²) in [5.41, 5.74) is 0.560. The number of allylic oxidation sites excluding steroid dienone is 2. The van der Waals surface area contributed by atoms with Crippen molar-refractivity contribution in [2.45, 2.75) is 25.2 Å². The van der Waals surface area contributed by atoms with Crippen LogP contribution in [0.4, 0.5) is 0 Å². The van der Waals surface area contributed by atoms with Crippen LogP contribution in [-0.2, 0) is 10.2 Å². The van der Waals surface area contributed by atoms with Crippen molar-refractivity contribution in [1.82, 2.24) is 4.90 Å². The van der Waals surface area contributed by atoms with Crippen molar-refractivity contribution in [2.75, 3.05) is 13.6 Å². The molecule has 0 aromatic heterocycles. The van der Waals surface area contributed by atoms with Crippen LogP contribution in [-0.4, -0.2) is 29.5 Å². The van der Waals surface area contributed by atoms with E-state index in [9.17, 15) is 15.2 Å². The fraction of sp³-hybridized carbons (Fsp3) is 0.444. The SMILES string of the molecule is C[C@@H]1C(O)=C(C#N)C[C@]2(c3ccccc3)C(=O)N(C)CC[C@@H]12. The third kappa shape index (κ3) is 1.85. The van der Waals surface area contributed by atoms with E-state index in [4.69, 9.17) is 0 Å². The molecule has 1 aliphatic carbocycles. The quantitative estimate of drug-likeness (QED) is 0.866. The Bertz CT molecular complexity index is 674. The molecule has 0 spiro atoms. The summed E-state index contributed by atoms with van der Waals surface area (Å²) in [5, 5.41) is 19.7. The average Bonchev–Trinajstić information content (AvgIpc) is 2.55. The number of hydrogen-bond acceptors (Lipinski definition) is 3.